The summed E-state index contributed by atoms with van der Waals surface area (Å²) in [6.45, 7) is 0.440. The molecule has 4 aromatic rings. The minimum Gasteiger partial charge on any atom is -0.368 e. The number of fused-ring (bicyclic) bond motifs is 1. The summed E-state index contributed by atoms with van der Waals surface area (Å²) < 4.78 is 29.0. The van der Waals surface area contributed by atoms with Crippen LogP contribution >= 0.6 is 0 Å². The van der Waals surface area contributed by atoms with E-state index in [0.717, 1.165) is 17.8 Å². The van der Waals surface area contributed by atoms with Crippen LogP contribution in [0.3, 0.4) is 0 Å². The quantitative estimate of drug-likeness (QED) is 0.491. The first-order valence-electron chi connectivity index (χ1n) is 8.85. The number of carbonyl (C=O) groups is 1. The van der Waals surface area contributed by atoms with Crippen molar-refractivity contribution < 1.29 is 13.6 Å². The molecule has 9 heteroatoms. The highest BCUT2D eigenvalue weighted by molar-refractivity contribution is 5.94. The summed E-state index contributed by atoms with van der Waals surface area (Å²) in [6.07, 6.45) is 3.07. The van der Waals surface area contributed by atoms with E-state index in [0.29, 0.717) is 23.4 Å². The van der Waals surface area contributed by atoms with Crippen molar-refractivity contribution in [3.05, 3.63) is 78.3 Å². The zero-order valence-electron chi connectivity index (χ0n) is 15.1. The van der Waals surface area contributed by atoms with Gasteiger partial charge in [0.2, 0.25) is 0 Å². The lowest BCUT2D eigenvalue weighted by Gasteiger charge is -2.09. The third kappa shape index (κ3) is 3.75. The van der Waals surface area contributed by atoms with E-state index >= 15 is 0 Å². The largest absolute Gasteiger partial charge is 0.368 e. The number of para-hydroxylation sites is 1. The standard InChI is InChI=1S/C20H16F2N6O/c21-15-7-4-8-16(22)17(15)20(29)24-10-9-23-18-14-11-27-28(19(14)26-12-25-18)13-5-2-1-3-6-13/h1-8,11-12H,9-10H2,(H,24,29)(H,23,25,26). The smallest absolute Gasteiger partial charge is 0.257 e. The summed E-state index contributed by atoms with van der Waals surface area (Å²) in [4.78, 5) is 20.5. The predicted octanol–water partition coefficient (Wildman–Crippen LogP) is 2.94. The van der Waals surface area contributed by atoms with E-state index in [9.17, 15) is 13.6 Å². The van der Waals surface area contributed by atoms with Crippen LogP contribution in [0.5, 0.6) is 0 Å². The first kappa shape index (κ1) is 18.5. The van der Waals surface area contributed by atoms with Gasteiger partial charge in [-0.05, 0) is 24.3 Å². The molecule has 7 nitrogen and oxygen atoms in total. The molecule has 0 unspecified atom stereocenters. The van der Waals surface area contributed by atoms with Crippen LogP contribution in [0, 0.1) is 11.6 Å². The number of nitrogens with zero attached hydrogens (tertiary/aromatic N) is 4. The van der Waals surface area contributed by atoms with E-state index < -0.39 is 23.1 Å². The number of aromatic nitrogens is 4. The Labute approximate surface area is 164 Å². The molecule has 2 aromatic carbocycles. The second-order valence-electron chi connectivity index (χ2n) is 6.13. The second-order valence-corrected chi connectivity index (χ2v) is 6.13. The van der Waals surface area contributed by atoms with Gasteiger partial charge in [-0.3, -0.25) is 4.79 Å². The van der Waals surface area contributed by atoms with Gasteiger partial charge in [0, 0.05) is 13.1 Å². The molecular formula is C20H16F2N6O. The third-order valence-corrected chi connectivity index (χ3v) is 4.26. The average Bonchev–Trinajstić information content (AvgIpc) is 3.17. The van der Waals surface area contributed by atoms with E-state index in [1.54, 1.807) is 10.9 Å². The lowest BCUT2D eigenvalue weighted by Crippen LogP contribution is -2.30. The Bertz CT molecular complexity index is 1140. The van der Waals surface area contributed by atoms with Crippen molar-refractivity contribution in [1.29, 1.82) is 0 Å². The Morgan fingerprint density at radius 3 is 2.48 bits per heavy atom. The van der Waals surface area contributed by atoms with Gasteiger partial charge in [-0.1, -0.05) is 24.3 Å². The maximum absolute atomic E-state index is 13.6. The predicted molar refractivity (Wildman–Crippen MR) is 104 cm³/mol. The van der Waals surface area contributed by atoms with Crippen LogP contribution < -0.4 is 10.6 Å². The van der Waals surface area contributed by atoms with Crippen LogP contribution in [-0.4, -0.2) is 38.7 Å². The van der Waals surface area contributed by atoms with Gasteiger partial charge in [-0.25, -0.2) is 23.4 Å². The molecule has 0 radical (unpaired) electrons. The van der Waals surface area contributed by atoms with E-state index in [4.69, 9.17) is 0 Å². The van der Waals surface area contributed by atoms with Crippen molar-refractivity contribution in [2.75, 3.05) is 18.4 Å². The minimum atomic E-state index is -0.902. The summed E-state index contributed by atoms with van der Waals surface area (Å²) in [5, 5.41) is 10.6. The van der Waals surface area contributed by atoms with Gasteiger partial charge < -0.3 is 10.6 Å². The van der Waals surface area contributed by atoms with Gasteiger partial charge in [-0.15, -0.1) is 0 Å². The SMILES string of the molecule is O=C(NCCNc1ncnc2c1cnn2-c1ccccc1)c1c(F)cccc1F. The van der Waals surface area contributed by atoms with Crippen molar-refractivity contribution in [3.8, 4) is 5.69 Å². The van der Waals surface area contributed by atoms with Gasteiger partial charge in [0.05, 0.1) is 17.3 Å². The molecule has 2 heterocycles. The molecule has 0 atom stereocenters. The number of carbonyl (C=O) groups excluding carboxylic acids is 1. The van der Waals surface area contributed by atoms with E-state index in [2.05, 4.69) is 25.7 Å². The zero-order valence-corrected chi connectivity index (χ0v) is 15.1. The van der Waals surface area contributed by atoms with Crippen LogP contribution in [0.4, 0.5) is 14.6 Å². The van der Waals surface area contributed by atoms with Gasteiger partial charge in [-0.2, -0.15) is 5.10 Å². The van der Waals surface area contributed by atoms with Crippen LogP contribution in [0.2, 0.25) is 0 Å². The van der Waals surface area contributed by atoms with Gasteiger partial charge in [0.1, 0.15) is 29.3 Å². The third-order valence-electron chi connectivity index (χ3n) is 4.26. The number of hydrogen-bond donors (Lipinski definition) is 2. The number of hydrogen-bond acceptors (Lipinski definition) is 5. The fourth-order valence-electron chi connectivity index (χ4n) is 2.90. The summed E-state index contributed by atoms with van der Waals surface area (Å²) >= 11 is 0. The minimum absolute atomic E-state index is 0.144. The molecule has 4 rings (SSSR count). The normalized spacial score (nSPS) is 10.8. The average molecular weight is 394 g/mol. The molecular weight excluding hydrogens is 378 g/mol. The maximum atomic E-state index is 13.6. The summed E-state index contributed by atoms with van der Waals surface area (Å²) in [7, 11) is 0. The molecule has 146 valence electrons. The lowest BCUT2D eigenvalue weighted by atomic mass is 10.2. The lowest BCUT2D eigenvalue weighted by molar-refractivity contribution is 0.0946. The Balaban J connectivity index is 1.43. The van der Waals surface area contributed by atoms with Crippen molar-refractivity contribution >= 4 is 22.8 Å². The first-order chi connectivity index (χ1) is 14.1. The Kier molecular flexibility index (Phi) is 5.10. The van der Waals surface area contributed by atoms with Crippen molar-refractivity contribution in [2.24, 2.45) is 0 Å². The van der Waals surface area contributed by atoms with Crippen LogP contribution in [0.15, 0.2) is 61.1 Å². The topological polar surface area (TPSA) is 84.7 Å². The van der Waals surface area contributed by atoms with Gasteiger partial charge in [0.15, 0.2) is 5.65 Å². The van der Waals surface area contributed by atoms with E-state index in [1.807, 2.05) is 30.3 Å². The molecule has 29 heavy (non-hydrogen) atoms. The molecule has 0 spiro atoms. The molecule has 0 aliphatic carbocycles. The Morgan fingerprint density at radius 1 is 0.966 bits per heavy atom. The monoisotopic (exact) mass is 394 g/mol. The Morgan fingerprint density at radius 2 is 1.72 bits per heavy atom. The van der Waals surface area contributed by atoms with Crippen LogP contribution in [-0.2, 0) is 0 Å². The number of benzene rings is 2. The molecule has 2 N–H and O–H groups in total. The number of nitrogens with one attached hydrogen (secondary N) is 2. The first-order valence-corrected chi connectivity index (χ1v) is 8.85. The van der Waals surface area contributed by atoms with Gasteiger partial charge >= 0.3 is 0 Å². The summed E-state index contributed by atoms with van der Waals surface area (Å²) in [6, 6.07) is 12.8. The Hall–Kier alpha value is -3.88. The molecule has 0 aliphatic rings. The highest BCUT2D eigenvalue weighted by atomic mass is 19.1. The number of anilines is 1. The molecule has 0 bridgehead atoms. The summed E-state index contributed by atoms with van der Waals surface area (Å²) in [5.41, 5.74) is 0.901. The highest BCUT2D eigenvalue weighted by Crippen LogP contribution is 2.21. The van der Waals surface area contributed by atoms with E-state index in [-0.39, 0.29) is 6.54 Å². The summed E-state index contributed by atoms with van der Waals surface area (Å²) in [5.74, 6) is -2.07. The van der Waals surface area contributed by atoms with Crippen molar-refractivity contribution in [1.82, 2.24) is 25.1 Å². The zero-order chi connectivity index (χ0) is 20.2. The molecule has 1 amide bonds. The maximum Gasteiger partial charge on any atom is 0.257 e. The fraction of sp³-hybridized carbons (Fsp3) is 0.100. The number of amides is 1. The molecule has 0 aliphatic heterocycles. The van der Waals surface area contributed by atoms with Crippen LogP contribution in [0.25, 0.3) is 16.7 Å². The number of rotatable bonds is 6. The van der Waals surface area contributed by atoms with Crippen molar-refractivity contribution in [2.45, 2.75) is 0 Å². The molecule has 0 saturated carbocycles. The molecule has 0 fully saturated rings. The van der Waals surface area contributed by atoms with E-state index in [1.165, 1.54) is 12.4 Å². The van der Waals surface area contributed by atoms with Crippen LogP contribution in [0.1, 0.15) is 10.4 Å². The fourth-order valence-corrected chi connectivity index (χ4v) is 2.90. The number of halogens is 2. The molecule has 0 saturated heterocycles. The van der Waals surface area contributed by atoms with Crippen molar-refractivity contribution in [3.63, 3.8) is 0 Å². The molecule has 2 aromatic heterocycles. The highest BCUT2D eigenvalue weighted by Gasteiger charge is 2.16. The van der Waals surface area contributed by atoms with Gasteiger partial charge in [0.25, 0.3) is 5.91 Å². The second kappa shape index (κ2) is 8.01.